The summed E-state index contributed by atoms with van der Waals surface area (Å²) in [6.07, 6.45) is 1.16. The van der Waals surface area contributed by atoms with E-state index < -0.39 is 0 Å². The molecule has 80 valence electrons. The monoisotopic (exact) mass is 195 g/mol. The van der Waals surface area contributed by atoms with Crippen molar-refractivity contribution >= 4 is 5.69 Å². The summed E-state index contributed by atoms with van der Waals surface area (Å²) in [7, 11) is 0. The molecule has 3 nitrogen and oxygen atoms in total. The second-order valence-electron chi connectivity index (χ2n) is 5.05. The summed E-state index contributed by atoms with van der Waals surface area (Å²) in [4.78, 5) is 0. The van der Waals surface area contributed by atoms with E-state index in [0.717, 1.165) is 30.0 Å². The van der Waals surface area contributed by atoms with Gasteiger partial charge in [-0.3, -0.25) is 5.10 Å². The van der Waals surface area contributed by atoms with E-state index >= 15 is 0 Å². The van der Waals surface area contributed by atoms with Crippen molar-refractivity contribution in [1.82, 2.24) is 10.2 Å². The van der Waals surface area contributed by atoms with Crippen LogP contribution in [0, 0.1) is 19.3 Å². The fourth-order valence-corrected chi connectivity index (χ4v) is 1.37. The Labute approximate surface area is 86.3 Å². The van der Waals surface area contributed by atoms with Gasteiger partial charge in [0, 0.05) is 6.54 Å². The minimum Gasteiger partial charge on any atom is -0.382 e. The maximum absolute atomic E-state index is 4.14. The zero-order valence-corrected chi connectivity index (χ0v) is 9.86. The van der Waals surface area contributed by atoms with E-state index in [-0.39, 0.29) is 0 Å². The second kappa shape index (κ2) is 4.03. The van der Waals surface area contributed by atoms with E-state index in [9.17, 15) is 0 Å². The molecule has 0 unspecified atom stereocenters. The van der Waals surface area contributed by atoms with Crippen LogP contribution in [0.1, 0.15) is 38.6 Å². The van der Waals surface area contributed by atoms with Crippen molar-refractivity contribution in [3.05, 3.63) is 11.4 Å². The van der Waals surface area contributed by atoms with E-state index in [0.29, 0.717) is 5.41 Å². The molecule has 0 atom stereocenters. The number of aromatic nitrogens is 2. The molecule has 0 aliphatic carbocycles. The van der Waals surface area contributed by atoms with Gasteiger partial charge >= 0.3 is 0 Å². The van der Waals surface area contributed by atoms with E-state index in [4.69, 9.17) is 0 Å². The van der Waals surface area contributed by atoms with Gasteiger partial charge in [0.2, 0.25) is 0 Å². The SMILES string of the molecule is Cc1n[nH]c(C)c1NCCC(C)(C)C. The van der Waals surface area contributed by atoms with Crippen molar-refractivity contribution in [2.45, 2.75) is 41.0 Å². The predicted octanol–water partition coefficient (Wildman–Crippen LogP) is 2.87. The maximum atomic E-state index is 4.14. The topological polar surface area (TPSA) is 40.7 Å². The summed E-state index contributed by atoms with van der Waals surface area (Å²) in [5, 5.41) is 10.5. The molecular weight excluding hydrogens is 174 g/mol. The number of nitrogens with one attached hydrogen (secondary N) is 2. The van der Waals surface area contributed by atoms with Crippen LogP contribution in [-0.2, 0) is 0 Å². The molecule has 2 N–H and O–H groups in total. The highest BCUT2D eigenvalue weighted by Crippen LogP contribution is 2.20. The zero-order valence-electron chi connectivity index (χ0n) is 9.86. The molecule has 0 radical (unpaired) electrons. The Balaban J connectivity index is 2.46. The molecular formula is C11H21N3. The van der Waals surface area contributed by atoms with Crippen LogP contribution in [0.4, 0.5) is 5.69 Å². The lowest BCUT2D eigenvalue weighted by Gasteiger charge is -2.18. The Morgan fingerprint density at radius 3 is 2.36 bits per heavy atom. The van der Waals surface area contributed by atoms with Gasteiger partial charge in [-0.15, -0.1) is 0 Å². The minimum atomic E-state index is 0.387. The van der Waals surface area contributed by atoms with Crippen molar-refractivity contribution in [1.29, 1.82) is 0 Å². The van der Waals surface area contributed by atoms with Crippen molar-refractivity contribution in [2.24, 2.45) is 5.41 Å². The van der Waals surface area contributed by atoms with Gasteiger partial charge in [0.15, 0.2) is 0 Å². The van der Waals surface area contributed by atoms with Crippen LogP contribution in [0.25, 0.3) is 0 Å². The Hall–Kier alpha value is -0.990. The molecule has 14 heavy (non-hydrogen) atoms. The number of nitrogens with zero attached hydrogens (tertiary/aromatic N) is 1. The van der Waals surface area contributed by atoms with Crippen LogP contribution in [-0.4, -0.2) is 16.7 Å². The number of H-pyrrole nitrogens is 1. The first-order valence-corrected chi connectivity index (χ1v) is 5.15. The molecule has 0 aliphatic heterocycles. The quantitative estimate of drug-likeness (QED) is 0.778. The normalized spacial score (nSPS) is 11.8. The van der Waals surface area contributed by atoms with Gasteiger partial charge in [-0.2, -0.15) is 5.10 Å². The molecule has 1 aromatic rings. The molecule has 0 amide bonds. The number of aromatic amines is 1. The highest BCUT2D eigenvalue weighted by atomic mass is 15.1. The average molecular weight is 195 g/mol. The van der Waals surface area contributed by atoms with Crippen molar-refractivity contribution in [3.63, 3.8) is 0 Å². The van der Waals surface area contributed by atoms with Crippen molar-refractivity contribution in [3.8, 4) is 0 Å². The van der Waals surface area contributed by atoms with Gasteiger partial charge in [0.1, 0.15) is 0 Å². The largest absolute Gasteiger partial charge is 0.382 e. The maximum Gasteiger partial charge on any atom is 0.0825 e. The zero-order chi connectivity index (χ0) is 10.8. The van der Waals surface area contributed by atoms with Crippen LogP contribution in [0.15, 0.2) is 0 Å². The number of aryl methyl sites for hydroxylation is 2. The molecule has 1 heterocycles. The number of anilines is 1. The van der Waals surface area contributed by atoms with Crippen molar-refractivity contribution < 1.29 is 0 Å². The Morgan fingerprint density at radius 1 is 1.29 bits per heavy atom. The molecule has 0 fully saturated rings. The first-order valence-electron chi connectivity index (χ1n) is 5.15. The van der Waals surface area contributed by atoms with Gasteiger partial charge in [-0.1, -0.05) is 20.8 Å². The minimum absolute atomic E-state index is 0.387. The van der Waals surface area contributed by atoms with E-state index in [1.54, 1.807) is 0 Å². The summed E-state index contributed by atoms with van der Waals surface area (Å²) in [5.74, 6) is 0. The first-order chi connectivity index (χ1) is 6.40. The Kier molecular flexibility index (Phi) is 3.19. The first kappa shape index (κ1) is 11.1. The van der Waals surface area contributed by atoms with Gasteiger partial charge in [0.05, 0.1) is 17.1 Å². The fourth-order valence-electron chi connectivity index (χ4n) is 1.37. The van der Waals surface area contributed by atoms with Crippen LogP contribution in [0.2, 0.25) is 0 Å². The summed E-state index contributed by atoms with van der Waals surface area (Å²) >= 11 is 0. The Morgan fingerprint density at radius 2 is 1.93 bits per heavy atom. The highest BCUT2D eigenvalue weighted by molar-refractivity contribution is 5.51. The second-order valence-corrected chi connectivity index (χ2v) is 5.05. The van der Waals surface area contributed by atoms with E-state index in [1.165, 1.54) is 0 Å². The van der Waals surface area contributed by atoms with Crippen LogP contribution in [0.3, 0.4) is 0 Å². The number of hydrogen-bond acceptors (Lipinski definition) is 2. The summed E-state index contributed by atoms with van der Waals surface area (Å²) in [5.41, 5.74) is 3.72. The van der Waals surface area contributed by atoms with Crippen LogP contribution in [0.5, 0.6) is 0 Å². The third-order valence-corrected chi connectivity index (χ3v) is 2.30. The van der Waals surface area contributed by atoms with E-state index in [2.05, 4.69) is 36.3 Å². The molecule has 0 aromatic carbocycles. The molecule has 1 rings (SSSR count). The highest BCUT2D eigenvalue weighted by Gasteiger charge is 2.10. The van der Waals surface area contributed by atoms with Gasteiger partial charge in [-0.25, -0.2) is 0 Å². The van der Waals surface area contributed by atoms with Gasteiger partial charge < -0.3 is 5.32 Å². The van der Waals surface area contributed by atoms with Crippen molar-refractivity contribution in [2.75, 3.05) is 11.9 Å². The summed E-state index contributed by atoms with van der Waals surface area (Å²) < 4.78 is 0. The summed E-state index contributed by atoms with van der Waals surface area (Å²) in [6, 6.07) is 0. The number of hydrogen-bond donors (Lipinski definition) is 2. The Bertz CT molecular complexity index is 274. The van der Waals surface area contributed by atoms with E-state index in [1.807, 2.05) is 13.8 Å². The number of rotatable bonds is 3. The lowest BCUT2D eigenvalue weighted by Crippen LogP contribution is -2.13. The predicted molar refractivity (Wildman–Crippen MR) is 60.6 cm³/mol. The van der Waals surface area contributed by atoms with Gasteiger partial charge in [0.25, 0.3) is 0 Å². The lowest BCUT2D eigenvalue weighted by atomic mass is 9.92. The summed E-state index contributed by atoms with van der Waals surface area (Å²) in [6.45, 7) is 11.8. The molecule has 0 saturated carbocycles. The van der Waals surface area contributed by atoms with Crippen LogP contribution < -0.4 is 5.32 Å². The smallest absolute Gasteiger partial charge is 0.0825 e. The third-order valence-electron chi connectivity index (χ3n) is 2.30. The third kappa shape index (κ3) is 3.05. The lowest BCUT2D eigenvalue weighted by molar-refractivity contribution is 0.389. The molecule has 0 bridgehead atoms. The standard InChI is InChI=1S/C11H21N3/c1-8-10(9(2)14-13-8)12-7-6-11(3,4)5/h12H,6-7H2,1-5H3,(H,13,14). The fraction of sp³-hybridized carbons (Fsp3) is 0.727. The molecule has 1 aromatic heterocycles. The molecule has 0 saturated heterocycles. The average Bonchev–Trinajstić information content (AvgIpc) is 2.33. The molecule has 0 aliphatic rings. The van der Waals surface area contributed by atoms with Crippen LogP contribution >= 0.6 is 0 Å². The molecule has 0 spiro atoms. The van der Waals surface area contributed by atoms with Gasteiger partial charge in [-0.05, 0) is 25.7 Å². The molecule has 3 heteroatoms.